The van der Waals surface area contributed by atoms with E-state index >= 15 is 0 Å². The first-order valence-electron chi connectivity index (χ1n) is 7.09. The van der Waals surface area contributed by atoms with E-state index in [1.807, 2.05) is 24.3 Å². The molecule has 4 heteroatoms. The first-order chi connectivity index (χ1) is 9.74. The van der Waals surface area contributed by atoms with Crippen LogP contribution in [0.2, 0.25) is 0 Å². The second kappa shape index (κ2) is 5.21. The summed E-state index contributed by atoms with van der Waals surface area (Å²) in [7, 11) is 1.68. The molecule has 104 valence electrons. The number of rotatable bonds is 2. The van der Waals surface area contributed by atoms with Gasteiger partial charge in [0.1, 0.15) is 0 Å². The van der Waals surface area contributed by atoms with Gasteiger partial charge in [-0.1, -0.05) is 25.1 Å². The third kappa shape index (κ3) is 2.06. The molecule has 2 aromatic rings. The average molecular weight is 269 g/mol. The Morgan fingerprint density at radius 3 is 2.95 bits per heavy atom. The smallest absolute Gasteiger partial charge is 0.252 e. The van der Waals surface area contributed by atoms with Crippen molar-refractivity contribution >= 4 is 16.8 Å². The number of carbonyl (C=O) groups excluding carboxylic acids is 1. The van der Waals surface area contributed by atoms with Crippen LogP contribution >= 0.6 is 0 Å². The number of para-hydroxylation sites is 1. The van der Waals surface area contributed by atoms with Gasteiger partial charge >= 0.3 is 0 Å². The minimum absolute atomic E-state index is 0.0159. The standard InChI is InChI=1S/C16H19N3O/c1-3-19-9-8-14-12(10-19)15(16(20)17-2)11-6-4-5-7-13(11)18-14/h4-7H,3,8-10H2,1-2H3,(H,17,20). The molecular weight excluding hydrogens is 250 g/mol. The lowest BCUT2D eigenvalue weighted by molar-refractivity contribution is 0.0962. The number of aromatic nitrogens is 1. The largest absolute Gasteiger partial charge is 0.355 e. The molecule has 3 rings (SSSR count). The molecule has 1 N–H and O–H groups in total. The minimum atomic E-state index is -0.0159. The molecule has 1 aliphatic heterocycles. The van der Waals surface area contributed by atoms with Crippen LogP contribution in [-0.2, 0) is 13.0 Å². The lowest BCUT2D eigenvalue weighted by Gasteiger charge is -2.29. The zero-order valence-electron chi connectivity index (χ0n) is 11.9. The molecule has 0 bridgehead atoms. The summed E-state index contributed by atoms with van der Waals surface area (Å²) >= 11 is 0. The summed E-state index contributed by atoms with van der Waals surface area (Å²) in [5, 5.41) is 3.72. The summed E-state index contributed by atoms with van der Waals surface area (Å²) in [5.74, 6) is -0.0159. The number of fused-ring (bicyclic) bond motifs is 2. The molecule has 0 saturated carbocycles. The Labute approximate surface area is 118 Å². The quantitative estimate of drug-likeness (QED) is 0.906. The first-order valence-corrected chi connectivity index (χ1v) is 7.09. The molecule has 0 radical (unpaired) electrons. The van der Waals surface area contributed by atoms with Crippen molar-refractivity contribution in [2.24, 2.45) is 0 Å². The highest BCUT2D eigenvalue weighted by atomic mass is 16.1. The monoisotopic (exact) mass is 269 g/mol. The van der Waals surface area contributed by atoms with Gasteiger partial charge < -0.3 is 5.32 Å². The molecule has 1 aromatic heterocycles. The van der Waals surface area contributed by atoms with Crippen LogP contribution in [0.1, 0.15) is 28.5 Å². The fourth-order valence-electron chi connectivity index (χ4n) is 2.90. The van der Waals surface area contributed by atoms with Crippen LogP contribution in [0.5, 0.6) is 0 Å². The van der Waals surface area contributed by atoms with E-state index in [9.17, 15) is 4.79 Å². The number of carbonyl (C=O) groups is 1. The Morgan fingerprint density at radius 1 is 1.40 bits per heavy atom. The number of nitrogens with one attached hydrogen (secondary N) is 1. The number of likely N-dealkylation sites (N-methyl/N-ethyl adjacent to an activating group) is 1. The summed E-state index contributed by atoms with van der Waals surface area (Å²) < 4.78 is 0. The van der Waals surface area contributed by atoms with Crippen LogP contribution in [0.25, 0.3) is 10.9 Å². The fourth-order valence-corrected chi connectivity index (χ4v) is 2.90. The molecule has 4 nitrogen and oxygen atoms in total. The van der Waals surface area contributed by atoms with Gasteiger partial charge in [0.15, 0.2) is 0 Å². The van der Waals surface area contributed by atoms with Crippen molar-refractivity contribution in [1.29, 1.82) is 0 Å². The number of hydrogen-bond donors (Lipinski definition) is 1. The van der Waals surface area contributed by atoms with Crippen molar-refractivity contribution in [2.75, 3.05) is 20.1 Å². The van der Waals surface area contributed by atoms with Gasteiger partial charge in [-0.15, -0.1) is 0 Å². The Hall–Kier alpha value is -1.94. The van der Waals surface area contributed by atoms with Crippen LogP contribution in [0.4, 0.5) is 0 Å². The molecule has 0 aliphatic carbocycles. The van der Waals surface area contributed by atoms with E-state index in [1.54, 1.807) is 7.05 Å². The lowest BCUT2D eigenvalue weighted by atomic mass is 9.95. The summed E-state index contributed by atoms with van der Waals surface area (Å²) in [4.78, 5) is 19.4. The molecule has 1 aliphatic rings. The molecule has 0 fully saturated rings. The minimum Gasteiger partial charge on any atom is -0.355 e. The lowest BCUT2D eigenvalue weighted by Crippen LogP contribution is -2.33. The molecule has 0 atom stereocenters. The van der Waals surface area contributed by atoms with Crippen LogP contribution in [0, 0.1) is 0 Å². The van der Waals surface area contributed by atoms with E-state index in [-0.39, 0.29) is 5.91 Å². The topological polar surface area (TPSA) is 45.2 Å². The van der Waals surface area contributed by atoms with Gasteiger partial charge in [0, 0.05) is 43.2 Å². The predicted molar refractivity (Wildman–Crippen MR) is 79.8 cm³/mol. The van der Waals surface area contributed by atoms with Gasteiger partial charge in [-0.2, -0.15) is 0 Å². The van der Waals surface area contributed by atoms with Gasteiger partial charge in [-0.05, 0) is 12.6 Å². The van der Waals surface area contributed by atoms with Crippen molar-refractivity contribution in [3.8, 4) is 0 Å². The number of hydrogen-bond acceptors (Lipinski definition) is 3. The molecule has 1 amide bonds. The summed E-state index contributed by atoms with van der Waals surface area (Å²) in [5.41, 5.74) is 3.88. The van der Waals surface area contributed by atoms with Crippen molar-refractivity contribution in [3.63, 3.8) is 0 Å². The summed E-state index contributed by atoms with van der Waals surface area (Å²) in [6, 6.07) is 7.89. The third-order valence-electron chi connectivity index (χ3n) is 4.03. The third-order valence-corrected chi connectivity index (χ3v) is 4.03. The van der Waals surface area contributed by atoms with Gasteiger partial charge in [-0.25, -0.2) is 0 Å². The molecule has 0 unspecified atom stereocenters. The van der Waals surface area contributed by atoms with Crippen LogP contribution in [0.3, 0.4) is 0 Å². The van der Waals surface area contributed by atoms with E-state index in [4.69, 9.17) is 4.98 Å². The number of amides is 1. The van der Waals surface area contributed by atoms with Crippen molar-refractivity contribution in [2.45, 2.75) is 19.9 Å². The number of nitrogens with zero attached hydrogens (tertiary/aromatic N) is 2. The van der Waals surface area contributed by atoms with Gasteiger partial charge in [-0.3, -0.25) is 14.7 Å². The Morgan fingerprint density at radius 2 is 2.20 bits per heavy atom. The molecule has 0 saturated heterocycles. The Bertz CT molecular complexity index is 666. The number of benzene rings is 1. The SMILES string of the molecule is CCN1CCc2nc3ccccc3c(C(=O)NC)c2C1. The second-order valence-electron chi connectivity index (χ2n) is 5.13. The van der Waals surface area contributed by atoms with Crippen molar-refractivity contribution in [1.82, 2.24) is 15.2 Å². The molecule has 20 heavy (non-hydrogen) atoms. The average Bonchev–Trinajstić information content (AvgIpc) is 2.51. The predicted octanol–water partition coefficient (Wildman–Crippen LogP) is 1.97. The zero-order chi connectivity index (χ0) is 14.1. The maximum atomic E-state index is 12.3. The number of pyridine rings is 1. The highest BCUT2D eigenvalue weighted by Gasteiger charge is 2.24. The van der Waals surface area contributed by atoms with Gasteiger partial charge in [0.25, 0.3) is 5.91 Å². The normalized spacial score (nSPS) is 15.1. The molecule has 0 spiro atoms. The summed E-state index contributed by atoms with van der Waals surface area (Å²) in [6.45, 7) is 4.98. The zero-order valence-corrected chi connectivity index (χ0v) is 11.9. The van der Waals surface area contributed by atoms with Gasteiger partial charge in [0.05, 0.1) is 11.1 Å². The second-order valence-corrected chi connectivity index (χ2v) is 5.13. The Balaban J connectivity index is 2.26. The summed E-state index contributed by atoms with van der Waals surface area (Å²) in [6.07, 6.45) is 0.915. The van der Waals surface area contributed by atoms with E-state index in [0.717, 1.165) is 53.8 Å². The highest BCUT2D eigenvalue weighted by molar-refractivity contribution is 6.07. The Kier molecular flexibility index (Phi) is 3.40. The van der Waals surface area contributed by atoms with Crippen LogP contribution < -0.4 is 5.32 Å². The first kappa shape index (κ1) is 13.1. The molecule has 1 aromatic carbocycles. The molecule has 2 heterocycles. The van der Waals surface area contributed by atoms with Crippen LogP contribution in [-0.4, -0.2) is 35.9 Å². The van der Waals surface area contributed by atoms with E-state index in [0.29, 0.717) is 0 Å². The van der Waals surface area contributed by atoms with Crippen molar-refractivity contribution in [3.05, 3.63) is 41.1 Å². The molecular formula is C16H19N3O. The van der Waals surface area contributed by atoms with Gasteiger partial charge in [0.2, 0.25) is 0 Å². The van der Waals surface area contributed by atoms with E-state index in [2.05, 4.69) is 17.1 Å². The maximum Gasteiger partial charge on any atom is 0.252 e. The maximum absolute atomic E-state index is 12.3. The fraction of sp³-hybridized carbons (Fsp3) is 0.375. The van der Waals surface area contributed by atoms with E-state index < -0.39 is 0 Å². The highest BCUT2D eigenvalue weighted by Crippen LogP contribution is 2.27. The van der Waals surface area contributed by atoms with Crippen molar-refractivity contribution < 1.29 is 4.79 Å². The van der Waals surface area contributed by atoms with Crippen LogP contribution in [0.15, 0.2) is 24.3 Å². The van der Waals surface area contributed by atoms with E-state index in [1.165, 1.54) is 0 Å².